The Bertz CT molecular complexity index is 661. The Morgan fingerprint density at radius 3 is 2.82 bits per heavy atom. The highest BCUT2D eigenvalue weighted by Gasteiger charge is 2.16. The average molecular weight is 345 g/mol. The number of halogens is 1. The van der Waals surface area contributed by atoms with Crippen LogP contribution >= 0.6 is 11.6 Å². The molecule has 0 saturated heterocycles. The van der Waals surface area contributed by atoms with Crippen LogP contribution in [0.4, 0.5) is 0 Å². The third-order valence-electron chi connectivity index (χ3n) is 3.40. The summed E-state index contributed by atoms with van der Waals surface area (Å²) in [5.74, 6) is 0.813. The van der Waals surface area contributed by atoms with Crippen molar-refractivity contribution in [3.63, 3.8) is 0 Å². The van der Waals surface area contributed by atoms with Gasteiger partial charge in [0.2, 0.25) is 10.0 Å². The second-order valence-corrected chi connectivity index (χ2v) is 7.39. The van der Waals surface area contributed by atoms with Crippen molar-refractivity contribution in [2.75, 3.05) is 33.2 Å². The molecule has 8 heteroatoms. The van der Waals surface area contributed by atoms with Crippen LogP contribution in [-0.2, 0) is 10.0 Å². The van der Waals surface area contributed by atoms with Crippen molar-refractivity contribution in [1.29, 1.82) is 0 Å². The predicted molar refractivity (Wildman–Crippen MR) is 88.9 cm³/mol. The fraction of sp³-hybridized carbons (Fsp3) is 0.500. The van der Waals surface area contributed by atoms with E-state index in [-0.39, 0.29) is 11.4 Å². The summed E-state index contributed by atoms with van der Waals surface area (Å²) in [5, 5.41) is 3.67. The van der Waals surface area contributed by atoms with Crippen LogP contribution in [0.5, 0.6) is 0 Å². The summed E-state index contributed by atoms with van der Waals surface area (Å²) in [7, 11) is -1.56. The fourth-order valence-corrected chi connectivity index (χ4v) is 3.75. The van der Waals surface area contributed by atoms with Gasteiger partial charge in [-0.25, -0.2) is 13.1 Å². The van der Waals surface area contributed by atoms with E-state index >= 15 is 0 Å². The van der Waals surface area contributed by atoms with Crippen LogP contribution in [0.1, 0.15) is 12.0 Å². The fourth-order valence-electron chi connectivity index (χ4n) is 2.26. The van der Waals surface area contributed by atoms with Crippen LogP contribution < -0.4 is 10.0 Å². The molecule has 0 amide bonds. The summed E-state index contributed by atoms with van der Waals surface area (Å²) in [5.41, 5.74) is 0.629. The van der Waals surface area contributed by atoms with E-state index < -0.39 is 10.0 Å². The molecule has 0 aromatic heterocycles. The maximum absolute atomic E-state index is 12.3. The molecule has 0 unspecified atom stereocenters. The highest BCUT2D eigenvalue weighted by molar-refractivity contribution is 7.89. The van der Waals surface area contributed by atoms with Gasteiger partial charge in [0.15, 0.2) is 5.96 Å². The van der Waals surface area contributed by atoms with Crippen molar-refractivity contribution >= 4 is 27.6 Å². The molecule has 0 atom stereocenters. The number of nitrogens with one attached hydrogen (secondary N) is 2. The summed E-state index contributed by atoms with van der Waals surface area (Å²) in [6.07, 6.45) is 1.05. The minimum Gasteiger partial charge on any atom is -0.355 e. The molecule has 0 saturated carbocycles. The highest BCUT2D eigenvalue weighted by Crippen LogP contribution is 2.19. The van der Waals surface area contributed by atoms with Gasteiger partial charge >= 0.3 is 0 Å². The topological polar surface area (TPSA) is 73.8 Å². The molecule has 1 aromatic carbocycles. The first-order chi connectivity index (χ1) is 10.4. The zero-order valence-corrected chi connectivity index (χ0v) is 14.3. The van der Waals surface area contributed by atoms with E-state index in [0.717, 1.165) is 25.5 Å². The largest absolute Gasteiger partial charge is 0.355 e. The third-order valence-corrected chi connectivity index (χ3v) is 5.26. The van der Waals surface area contributed by atoms with E-state index in [1.54, 1.807) is 19.1 Å². The number of guanidine groups is 1. The Labute approximate surface area is 136 Å². The van der Waals surface area contributed by atoms with Gasteiger partial charge in [0, 0.05) is 38.2 Å². The molecule has 2 rings (SSSR count). The van der Waals surface area contributed by atoms with Crippen LogP contribution in [0, 0.1) is 6.92 Å². The van der Waals surface area contributed by atoms with Crippen LogP contribution in [0.2, 0.25) is 5.02 Å². The van der Waals surface area contributed by atoms with Crippen LogP contribution in [0.25, 0.3) is 0 Å². The van der Waals surface area contributed by atoms with Crippen molar-refractivity contribution < 1.29 is 8.42 Å². The molecule has 1 aromatic rings. The lowest BCUT2D eigenvalue weighted by atomic mass is 10.2. The molecule has 0 radical (unpaired) electrons. The van der Waals surface area contributed by atoms with E-state index in [9.17, 15) is 8.42 Å². The van der Waals surface area contributed by atoms with Crippen LogP contribution in [-0.4, -0.2) is 52.5 Å². The molecular formula is C14H21ClN4O2S. The van der Waals surface area contributed by atoms with Gasteiger partial charge < -0.3 is 10.2 Å². The standard InChI is InChI=1S/C14H21ClN4O2S/c1-11-10-12(15)4-5-13(11)22(20,21)18-8-7-17-14-16-6-3-9-19(14)2/h4-5,10,18H,3,6-9H2,1-2H3,(H,16,17). The minimum absolute atomic E-state index is 0.254. The molecule has 0 spiro atoms. The first-order valence-corrected chi connectivity index (χ1v) is 9.01. The second-order valence-electron chi connectivity index (χ2n) is 5.21. The number of rotatable bonds is 5. The molecule has 1 aliphatic heterocycles. The normalized spacial score (nSPS) is 15.6. The van der Waals surface area contributed by atoms with Gasteiger partial charge in [0.05, 0.1) is 4.90 Å². The molecule has 2 N–H and O–H groups in total. The van der Waals surface area contributed by atoms with Crippen LogP contribution in [0.3, 0.4) is 0 Å². The van der Waals surface area contributed by atoms with Crippen molar-refractivity contribution in [3.8, 4) is 0 Å². The van der Waals surface area contributed by atoms with Crippen LogP contribution in [0.15, 0.2) is 28.1 Å². The van der Waals surface area contributed by atoms with E-state index in [1.807, 2.05) is 11.9 Å². The number of hydrogen-bond acceptors (Lipinski definition) is 5. The van der Waals surface area contributed by atoms with E-state index in [1.165, 1.54) is 6.07 Å². The smallest absolute Gasteiger partial charge is 0.240 e. The van der Waals surface area contributed by atoms with E-state index in [0.29, 0.717) is 17.1 Å². The van der Waals surface area contributed by atoms with E-state index in [2.05, 4.69) is 15.0 Å². The zero-order valence-electron chi connectivity index (χ0n) is 12.8. The molecule has 6 nitrogen and oxygen atoms in total. The number of sulfonamides is 1. The van der Waals surface area contributed by atoms with Gasteiger partial charge in [-0.05, 0) is 37.1 Å². The average Bonchev–Trinajstić information content (AvgIpc) is 2.45. The molecule has 1 aliphatic rings. The summed E-state index contributed by atoms with van der Waals surface area (Å²) in [6, 6.07) is 4.74. The number of hydrogen-bond donors (Lipinski definition) is 2. The Morgan fingerprint density at radius 1 is 1.36 bits per heavy atom. The van der Waals surface area contributed by atoms with Crippen molar-refractivity contribution in [2.24, 2.45) is 4.99 Å². The molecule has 0 aliphatic carbocycles. The first-order valence-electron chi connectivity index (χ1n) is 7.15. The monoisotopic (exact) mass is 344 g/mol. The summed E-state index contributed by atoms with van der Waals surface area (Å²) >= 11 is 5.85. The number of aryl methyl sites for hydroxylation is 1. The van der Waals surface area contributed by atoms with Gasteiger partial charge in [-0.2, -0.15) is 0 Å². The maximum atomic E-state index is 12.3. The van der Waals surface area contributed by atoms with Gasteiger partial charge in [-0.15, -0.1) is 0 Å². The lowest BCUT2D eigenvalue weighted by Gasteiger charge is -2.25. The minimum atomic E-state index is -3.53. The maximum Gasteiger partial charge on any atom is 0.240 e. The number of aliphatic imine (C=N–C) groups is 1. The summed E-state index contributed by atoms with van der Waals surface area (Å²) in [6.45, 7) is 4.26. The van der Waals surface area contributed by atoms with Gasteiger partial charge in [0.1, 0.15) is 0 Å². The Kier molecular flexibility index (Phi) is 5.66. The Morgan fingerprint density at radius 2 is 2.14 bits per heavy atom. The summed E-state index contributed by atoms with van der Waals surface area (Å²) < 4.78 is 27.1. The van der Waals surface area contributed by atoms with Gasteiger partial charge in [-0.1, -0.05) is 11.6 Å². The van der Waals surface area contributed by atoms with Crippen molar-refractivity contribution in [3.05, 3.63) is 28.8 Å². The second kappa shape index (κ2) is 7.30. The first kappa shape index (κ1) is 17.1. The molecule has 22 heavy (non-hydrogen) atoms. The molecular weight excluding hydrogens is 324 g/mol. The SMILES string of the molecule is Cc1cc(Cl)ccc1S(=O)(=O)NCCNC1=NCCCN1C. The molecule has 0 fully saturated rings. The third kappa shape index (κ3) is 4.34. The Balaban J connectivity index is 1.89. The lowest BCUT2D eigenvalue weighted by molar-refractivity contribution is 0.446. The molecule has 0 bridgehead atoms. The lowest BCUT2D eigenvalue weighted by Crippen LogP contribution is -2.44. The molecule has 1 heterocycles. The van der Waals surface area contributed by atoms with Crippen molar-refractivity contribution in [2.45, 2.75) is 18.2 Å². The molecule has 122 valence electrons. The zero-order chi connectivity index (χ0) is 16.2. The highest BCUT2D eigenvalue weighted by atomic mass is 35.5. The van der Waals surface area contributed by atoms with Gasteiger partial charge in [0.25, 0.3) is 0 Å². The summed E-state index contributed by atoms with van der Waals surface area (Å²) in [4.78, 5) is 6.65. The number of benzene rings is 1. The Hall–Kier alpha value is -1.31. The predicted octanol–water partition coefficient (Wildman–Crippen LogP) is 1.21. The van der Waals surface area contributed by atoms with E-state index in [4.69, 9.17) is 11.6 Å². The van der Waals surface area contributed by atoms with Gasteiger partial charge in [-0.3, -0.25) is 4.99 Å². The quantitative estimate of drug-likeness (QED) is 0.787. The van der Waals surface area contributed by atoms with Crippen molar-refractivity contribution in [1.82, 2.24) is 14.9 Å². The number of nitrogens with zero attached hydrogens (tertiary/aromatic N) is 2.